The molecular formula is C29H26N4O4. The number of aromatic nitrogens is 2. The summed E-state index contributed by atoms with van der Waals surface area (Å²) in [6.45, 7) is 3.89. The van der Waals surface area contributed by atoms with E-state index in [1.165, 1.54) is 7.11 Å². The summed E-state index contributed by atoms with van der Waals surface area (Å²) in [6, 6.07) is 22.6. The molecule has 0 aliphatic carbocycles. The number of rotatable bonds is 5. The van der Waals surface area contributed by atoms with Crippen LogP contribution in [0.25, 0.3) is 5.69 Å². The van der Waals surface area contributed by atoms with Crippen LogP contribution >= 0.6 is 0 Å². The van der Waals surface area contributed by atoms with E-state index >= 15 is 0 Å². The summed E-state index contributed by atoms with van der Waals surface area (Å²) in [7, 11) is 1.33. The average Bonchev–Trinajstić information content (AvgIpc) is 3.25. The predicted molar refractivity (Wildman–Crippen MR) is 139 cm³/mol. The smallest absolute Gasteiger partial charge is 0.337 e. The van der Waals surface area contributed by atoms with Crippen LogP contribution in [0.15, 0.2) is 78.9 Å². The quantitative estimate of drug-likeness (QED) is 0.406. The van der Waals surface area contributed by atoms with Crippen molar-refractivity contribution in [2.24, 2.45) is 0 Å². The van der Waals surface area contributed by atoms with Gasteiger partial charge in [0.2, 0.25) is 5.91 Å². The molecule has 0 unspecified atom stereocenters. The molecule has 1 aliphatic heterocycles. The summed E-state index contributed by atoms with van der Waals surface area (Å²) in [6.07, 6.45) is 0. The summed E-state index contributed by atoms with van der Waals surface area (Å²) in [5, 5.41) is 10.7. The molecule has 2 atom stereocenters. The zero-order chi connectivity index (χ0) is 26.1. The number of aryl methyl sites for hydroxylation is 2. The average molecular weight is 495 g/mol. The Bertz CT molecular complexity index is 1480. The number of hydrogen-bond acceptors (Lipinski definition) is 5. The van der Waals surface area contributed by atoms with E-state index in [0.29, 0.717) is 16.9 Å². The minimum Gasteiger partial charge on any atom is -0.465 e. The number of amides is 2. The third-order valence-corrected chi connectivity index (χ3v) is 6.57. The highest BCUT2D eigenvalue weighted by Crippen LogP contribution is 2.40. The molecule has 2 amide bonds. The molecule has 0 saturated carbocycles. The van der Waals surface area contributed by atoms with Crippen LogP contribution in [-0.2, 0) is 9.53 Å². The summed E-state index contributed by atoms with van der Waals surface area (Å²) in [5.41, 5.74) is 5.03. The summed E-state index contributed by atoms with van der Waals surface area (Å²) in [5.74, 6) is -1.15. The molecule has 2 N–H and O–H groups in total. The van der Waals surface area contributed by atoms with E-state index in [4.69, 9.17) is 9.84 Å². The number of fused-ring (bicyclic) bond motifs is 1. The summed E-state index contributed by atoms with van der Waals surface area (Å²) < 4.78 is 6.54. The lowest BCUT2D eigenvalue weighted by molar-refractivity contribution is -0.118. The number of benzene rings is 3. The monoisotopic (exact) mass is 494 g/mol. The van der Waals surface area contributed by atoms with Gasteiger partial charge in [-0.05, 0) is 55.8 Å². The fraction of sp³-hybridized carbons (Fsp3) is 0.172. The molecule has 4 aromatic rings. The van der Waals surface area contributed by atoms with Crippen LogP contribution in [0.1, 0.15) is 49.0 Å². The van der Waals surface area contributed by atoms with Crippen LogP contribution < -0.4 is 10.6 Å². The topological polar surface area (TPSA) is 102 Å². The molecule has 186 valence electrons. The van der Waals surface area contributed by atoms with Gasteiger partial charge >= 0.3 is 5.97 Å². The maximum absolute atomic E-state index is 13.5. The Morgan fingerprint density at radius 3 is 2.24 bits per heavy atom. The van der Waals surface area contributed by atoms with Gasteiger partial charge in [0, 0.05) is 17.0 Å². The van der Waals surface area contributed by atoms with Crippen molar-refractivity contribution >= 4 is 23.6 Å². The highest BCUT2D eigenvalue weighted by molar-refractivity contribution is 6.04. The molecule has 0 spiro atoms. The molecule has 8 heteroatoms. The van der Waals surface area contributed by atoms with E-state index in [9.17, 15) is 14.4 Å². The molecule has 0 fully saturated rings. The van der Waals surface area contributed by atoms with E-state index in [1.807, 2.05) is 44.2 Å². The van der Waals surface area contributed by atoms with Crippen LogP contribution in [0.4, 0.5) is 5.82 Å². The van der Waals surface area contributed by atoms with Crippen LogP contribution in [0, 0.1) is 13.8 Å². The first kappa shape index (κ1) is 24.0. The molecule has 0 radical (unpaired) electrons. The molecule has 8 nitrogen and oxygen atoms in total. The number of carbonyl (C=O) groups is 3. The second-order valence-electron chi connectivity index (χ2n) is 8.99. The van der Waals surface area contributed by atoms with E-state index in [1.54, 1.807) is 53.2 Å². The van der Waals surface area contributed by atoms with Gasteiger partial charge in [0.1, 0.15) is 11.9 Å². The third-order valence-electron chi connectivity index (χ3n) is 6.57. The Hall–Kier alpha value is -4.72. The predicted octanol–water partition coefficient (Wildman–Crippen LogP) is 4.16. The first-order chi connectivity index (χ1) is 17.9. The molecule has 3 aromatic carbocycles. The highest BCUT2D eigenvalue weighted by Gasteiger charge is 2.41. The van der Waals surface area contributed by atoms with Crippen LogP contribution in [-0.4, -0.2) is 40.7 Å². The van der Waals surface area contributed by atoms with Crippen LogP contribution in [0.3, 0.4) is 0 Å². The van der Waals surface area contributed by atoms with Crippen molar-refractivity contribution in [1.82, 2.24) is 15.1 Å². The molecule has 5 rings (SSSR count). The minimum atomic E-state index is -0.904. The fourth-order valence-electron chi connectivity index (χ4n) is 4.68. The normalized spacial score (nSPS) is 16.5. The number of ether oxygens (including phenoxy) is 1. The summed E-state index contributed by atoms with van der Waals surface area (Å²) in [4.78, 5) is 38.6. The van der Waals surface area contributed by atoms with Crippen LogP contribution in [0.2, 0.25) is 0 Å². The molecule has 1 aliphatic rings. The summed E-state index contributed by atoms with van der Waals surface area (Å²) >= 11 is 0. The van der Waals surface area contributed by atoms with Gasteiger partial charge in [-0.25, -0.2) is 9.48 Å². The SMILES string of the molecule is COC(=O)c1ccc([C@@H]2c3c(C)nn(-c4ccc(C)cc4)c3NC(=O)[C@H]2NC(=O)c2ccccc2)cc1. The Morgan fingerprint density at radius 2 is 1.59 bits per heavy atom. The van der Waals surface area contributed by atoms with Gasteiger partial charge in [-0.1, -0.05) is 48.0 Å². The molecular weight excluding hydrogens is 468 g/mol. The van der Waals surface area contributed by atoms with Crippen LogP contribution in [0.5, 0.6) is 0 Å². The standard InChI is InChI=1S/C29H26N4O4/c1-17-9-15-22(16-10-17)33-26-23(18(2)32-33)24(19-11-13-21(14-12-19)29(36)37-3)25(28(35)31-26)30-27(34)20-7-5-4-6-8-20/h4-16,24-25H,1-3H3,(H,30,34)(H,31,35)/t24-,25+/m1/s1. The number of carbonyl (C=O) groups excluding carboxylic acids is 3. The zero-order valence-corrected chi connectivity index (χ0v) is 20.7. The van der Waals surface area contributed by atoms with Crippen molar-refractivity contribution < 1.29 is 19.1 Å². The van der Waals surface area contributed by atoms with E-state index in [-0.39, 0.29) is 11.8 Å². The van der Waals surface area contributed by atoms with Gasteiger partial charge in [0.05, 0.1) is 24.1 Å². The second kappa shape index (κ2) is 9.73. The lowest BCUT2D eigenvalue weighted by Crippen LogP contribution is -2.50. The number of nitrogens with one attached hydrogen (secondary N) is 2. The van der Waals surface area contributed by atoms with Gasteiger partial charge in [0.15, 0.2) is 0 Å². The first-order valence-corrected chi connectivity index (χ1v) is 11.9. The maximum Gasteiger partial charge on any atom is 0.337 e. The van der Waals surface area contributed by atoms with Gasteiger partial charge in [-0.3, -0.25) is 9.59 Å². The minimum absolute atomic E-state index is 0.355. The van der Waals surface area contributed by atoms with Crippen molar-refractivity contribution in [1.29, 1.82) is 0 Å². The van der Waals surface area contributed by atoms with Gasteiger partial charge in [0.25, 0.3) is 5.91 Å². The van der Waals surface area contributed by atoms with Crippen molar-refractivity contribution in [3.63, 3.8) is 0 Å². The maximum atomic E-state index is 13.5. The Balaban J connectivity index is 1.62. The Labute approximate surface area is 214 Å². The van der Waals surface area contributed by atoms with Gasteiger partial charge in [-0.2, -0.15) is 5.10 Å². The Morgan fingerprint density at radius 1 is 0.919 bits per heavy atom. The lowest BCUT2D eigenvalue weighted by Gasteiger charge is -2.33. The van der Waals surface area contributed by atoms with Crippen molar-refractivity contribution in [3.8, 4) is 5.69 Å². The third kappa shape index (κ3) is 4.49. The second-order valence-corrected chi connectivity index (χ2v) is 8.99. The van der Waals surface area contributed by atoms with Gasteiger partial charge < -0.3 is 15.4 Å². The van der Waals surface area contributed by atoms with E-state index in [2.05, 4.69) is 10.6 Å². The largest absolute Gasteiger partial charge is 0.465 e. The molecule has 0 bridgehead atoms. The van der Waals surface area contributed by atoms with E-state index < -0.39 is 17.9 Å². The Kier molecular flexibility index (Phi) is 6.31. The number of methoxy groups -OCH3 is 1. The highest BCUT2D eigenvalue weighted by atomic mass is 16.5. The zero-order valence-electron chi connectivity index (χ0n) is 20.7. The van der Waals surface area contributed by atoms with Crippen molar-refractivity contribution in [2.45, 2.75) is 25.8 Å². The first-order valence-electron chi connectivity index (χ1n) is 11.9. The van der Waals surface area contributed by atoms with Gasteiger partial charge in [-0.15, -0.1) is 0 Å². The molecule has 2 heterocycles. The molecule has 0 saturated heterocycles. The molecule has 37 heavy (non-hydrogen) atoms. The number of esters is 1. The lowest BCUT2D eigenvalue weighted by atomic mass is 9.81. The van der Waals surface area contributed by atoms with Crippen molar-refractivity contribution in [3.05, 3.63) is 112 Å². The number of nitrogens with zero attached hydrogens (tertiary/aromatic N) is 2. The number of hydrogen-bond donors (Lipinski definition) is 2. The fourth-order valence-corrected chi connectivity index (χ4v) is 4.68. The van der Waals surface area contributed by atoms with E-state index in [0.717, 1.165) is 28.1 Å². The number of anilines is 1. The van der Waals surface area contributed by atoms with Crippen molar-refractivity contribution in [2.75, 3.05) is 12.4 Å². The molecule has 1 aromatic heterocycles.